The number of ether oxygens (including phenoxy) is 1. The summed E-state index contributed by atoms with van der Waals surface area (Å²) < 4.78 is 21.3. The number of anilines is 1. The molecular formula is C20H19FN6O. The topological polar surface area (TPSA) is 77.2 Å². The second kappa shape index (κ2) is 7.59. The molecule has 0 amide bonds. The van der Waals surface area contributed by atoms with E-state index in [9.17, 15) is 4.39 Å². The Bertz CT molecular complexity index is 1130. The summed E-state index contributed by atoms with van der Waals surface area (Å²) in [7, 11) is 1.53. The molecule has 142 valence electrons. The molecule has 0 radical (unpaired) electrons. The Morgan fingerprint density at radius 3 is 2.89 bits per heavy atom. The summed E-state index contributed by atoms with van der Waals surface area (Å²) in [6, 6.07) is 8.63. The van der Waals surface area contributed by atoms with Crippen molar-refractivity contribution in [1.82, 2.24) is 24.6 Å². The molecule has 28 heavy (non-hydrogen) atoms. The highest BCUT2D eigenvalue weighted by molar-refractivity contribution is 5.79. The van der Waals surface area contributed by atoms with E-state index >= 15 is 0 Å². The fourth-order valence-corrected chi connectivity index (χ4v) is 3.21. The van der Waals surface area contributed by atoms with Crippen molar-refractivity contribution in [3.05, 3.63) is 66.3 Å². The molecule has 4 rings (SSSR count). The minimum absolute atomic E-state index is 0.261. The van der Waals surface area contributed by atoms with Crippen molar-refractivity contribution in [3.63, 3.8) is 0 Å². The van der Waals surface area contributed by atoms with E-state index < -0.39 is 0 Å². The number of nitrogens with one attached hydrogen (secondary N) is 1. The van der Waals surface area contributed by atoms with Gasteiger partial charge in [0.05, 0.1) is 12.8 Å². The maximum absolute atomic E-state index is 14.2. The first-order valence-corrected chi connectivity index (χ1v) is 8.90. The molecule has 0 saturated heterocycles. The first-order chi connectivity index (χ1) is 13.7. The molecule has 8 heteroatoms. The largest absolute Gasteiger partial charge is 0.496 e. The summed E-state index contributed by atoms with van der Waals surface area (Å²) in [6.07, 6.45) is 5.73. The molecule has 1 aromatic carbocycles. The molecule has 7 nitrogen and oxygen atoms in total. The molecule has 0 unspecified atom stereocenters. The number of pyridine rings is 1. The number of aromatic nitrogens is 5. The maximum atomic E-state index is 14.2. The minimum atomic E-state index is -0.322. The van der Waals surface area contributed by atoms with Crippen LogP contribution in [0.2, 0.25) is 0 Å². The van der Waals surface area contributed by atoms with E-state index in [1.54, 1.807) is 31.0 Å². The van der Waals surface area contributed by atoms with Crippen LogP contribution in [0.15, 0.2) is 49.2 Å². The van der Waals surface area contributed by atoms with Crippen LogP contribution in [0.3, 0.4) is 0 Å². The molecule has 3 aromatic heterocycles. The molecular weight excluding hydrogens is 359 g/mol. The number of methoxy groups -OCH3 is 1. The van der Waals surface area contributed by atoms with E-state index in [2.05, 4.69) is 25.5 Å². The van der Waals surface area contributed by atoms with Crippen LogP contribution in [0.5, 0.6) is 5.75 Å². The van der Waals surface area contributed by atoms with Gasteiger partial charge in [0.25, 0.3) is 0 Å². The molecule has 4 aromatic rings. The van der Waals surface area contributed by atoms with Crippen LogP contribution in [-0.2, 0) is 13.0 Å². The van der Waals surface area contributed by atoms with E-state index in [4.69, 9.17) is 4.74 Å². The molecule has 0 aliphatic rings. The summed E-state index contributed by atoms with van der Waals surface area (Å²) in [5.41, 5.74) is 3.89. The van der Waals surface area contributed by atoms with Crippen LogP contribution in [0.25, 0.3) is 16.8 Å². The number of hydrogen-bond donors (Lipinski definition) is 1. The van der Waals surface area contributed by atoms with Crippen molar-refractivity contribution in [2.75, 3.05) is 12.4 Å². The number of hydrogen-bond acceptors (Lipinski definition) is 6. The van der Waals surface area contributed by atoms with E-state index in [0.717, 1.165) is 29.1 Å². The molecule has 3 heterocycles. The Labute approximate surface area is 161 Å². The molecule has 0 spiro atoms. The van der Waals surface area contributed by atoms with Crippen LogP contribution >= 0.6 is 0 Å². The van der Waals surface area contributed by atoms with Crippen LogP contribution in [0.4, 0.5) is 10.2 Å². The lowest BCUT2D eigenvalue weighted by atomic mass is 10.1. The van der Waals surface area contributed by atoms with E-state index in [1.165, 1.54) is 13.2 Å². The van der Waals surface area contributed by atoms with Crippen molar-refractivity contribution >= 4 is 11.5 Å². The van der Waals surface area contributed by atoms with Gasteiger partial charge in [-0.15, -0.1) is 10.2 Å². The van der Waals surface area contributed by atoms with Crippen molar-refractivity contribution in [1.29, 1.82) is 0 Å². The van der Waals surface area contributed by atoms with Gasteiger partial charge in [-0.25, -0.2) is 14.4 Å². The Morgan fingerprint density at radius 1 is 1.18 bits per heavy atom. The lowest BCUT2D eigenvalue weighted by Crippen LogP contribution is -2.07. The quantitative estimate of drug-likeness (QED) is 0.553. The van der Waals surface area contributed by atoms with Crippen molar-refractivity contribution in [2.45, 2.75) is 19.9 Å². The molecule has 0 aliphatic carbocycles. The Morgan fingerprint density at radius 2 is 2.07 bits per heavy atom. The number of benzene rings is 1. The smallest absolute Gasteiger partial charge is 0.170 e. The Hall–Kier alpha value is -3.55. The Balaban J connectivity index is 1.71. The highest BCUT2D eigenvalue weighted by atomic mass is 19.1. The summed E-state index contributed by atoms with van der Waals surface area (Å²) in [6.45, 7) is 2.31. The fraction of sp³-hybridized carbons (Fsp3) is 0.200. The summed E-state index contributed by atoms with van der Waals surface area (Å²) >= 11 is 0. The van der Waals surface area contributed by atoms with Gasteiger partial charge in [0.15, 0.2) is 5.65 Å². The van der Waals surface area contributed by atoms with Crippen LogP contribution in [-0.4, -0.2) is 31.7 Å². The standard InChI is InChI=1S/C20H19FN6O/c1-3-17-14(9-22-11-24-17)13-7-8-19(27-12-25-26-20(13)27)23-10-15-16(21)5-4-6-18(15)28-2/h4-9,11-12,23H,3,10H2,1-2H3. The van der Waals surface area contributed by atoms with Crippen LogP contribution < -0.4 is 10.1 Å². The first-order valence-electron chi connectivity index (χ1n) is 8.90. The van der Waals surface area contributed by atoms with E-state index in [1.807, 2.05) is 23.5 Å². The van der Waals surface area contributed by atoms with Crippen LogP contribution in [0, 0.1) is 5.82 Å². The lowest BCUT2D eigenvalue weighted by molar-refractivity contribution is 0.405. The van der Waals surface area contributed by atoms with Gasteiger partial charge >= 0.3 is 0 Å². The van der Waals surface area contributed by atoms with Crippen molar-refractivity contribution in [3.8, 4) is 16.9 Å². The third kappa shape index (κ3) is 3.13. The van der Waals surface area contributed by atoms with Crippen molar-refractivity contribution < 1.29 is 9.13 Å². The number of halogens is 1. The van der Waals surface area contributed by atoms with Gasteiger partial charge in [-0.05, 0) is 30.7 Å². The highest BCUT2D eigenvalue weighted by Crippen LogP contribution is 2.28. The second-order valence-electron chi connectivity index (χ2n) is 6.17. The normalized spacial score (nSPS) is 11.0. The molecule has 0 fully saturated rings. The number of fused-ring (bicyclic) bond motifs is 1. The molecule has 0 saturated carbocycles. The van der Waals surface area contributed by atoms with Crippen LogP contribution in [0.1, 0.15) is 18.2 Å². The van der Waals surface area contributed by atoms with Gasteiger partial charge in [-0.3, -0.25) is 4.40 Å². The number of aryl methyl sites for hydroxylation is 1. The molecule has 0 bridgehead atoms. The van der Waals surface area contributed by atoms with Gasteiger partial charge in [0, 0.05) is 29.4 Å². The average Bonchev–Trinajstić information content (AvgIpc) is 3.22. The predicted octanol–water partition coefficient (Wildman–Crippen LogP) is 3.51. The zero-order valence-corrected chi connectivity index (χ0v) is 15.6. The van der Waals surface area contributed by atoms with Crippen molar-refractivity contribution in [2.24, 2.45) is 0 Å². The number of rotatable bonds is 6. The van der Waals surface area contributed by atoms with Gasteiger partial charge in [0.1, 0.15) is 30.0 Å². The zero-order chi connectivity index (χ0) is 19.5. The van der Waals surface area contributed by atoms with E-state index in [-0.39, 0.29) is 12.4 Å². The highest BCUT2D eigenvalue weighted by Gasteiger charge is 2.14. The van der Waals surface area contributed by atoms with Gasteiger partial charge in [-0.1, -0.05) is 13.0 Å². The van der Waals surface area contributed by atoms with E-state index in [0.29, 0.717) is 17.0 Å². The molecule has 0 atom stereocenters. The van der Waals surface area contributed by atoms with Gasteiger partial charge < -0.3 is 10.1 Å². The lowest BCUT2D eigenvalue weighted by Gasteiger charge is -2.14. The third-order valence-corrected chi connectivity index (χ3v) is 4.62. The first kappa shape index (κ1) is 17.8. The second-order valence-corrected chi connectivity index (χ2v) is 6.17. The average molecular weight is 378 g/mol. The Kier molecular flexibility index (Phi) is 4.84. The zero-order valence-electron chi connectivity index (χ0n) is 15.6. The SMILES string of the molecule is CCc1ncncc1-c1ccc(NCc2c(F)cccc2OC)n2cnnc12. The fourth-order valence-electron chi connectivity index (χ4n) is 3.21. The maximum Gasteiger partial charge on any atom is 0.170 e. The number of nitrogens with zero attached hydrogens (tertiary/aromatic N) is 5. The molecule has 0 aliphatic heterocycles. The third-order valence-electron chi connectivity index (χ3n) is 4.62. The van der Waals surface area contributed by atoms with Gasteiger partial charge in [-0.2, -0.15) is 0 Å². The summed E-state index contributed by atoms with van der Waals surface area (Å²) in [4.78, 5) is 8.50. The summed E-state index contributed by atoms with van der Waals surface area (Å²) in [5, 5.41) is 11.5. The monoisotopic (exact) mass is 378 g/mol. The predicted molar refractivity (Wildman–Crippen MR) is 104 cm³/mol. The summed E-state index contributed by atoms with van der Waals surface area (Å²) in [5.74, 6) is 0.916. The molecule has 1 N–H and O–H groups in total. The van der Waals surface area contributed by atoms with Gasteiger partial charge in [0.2, 0.25) is 0 Å². The minimum Gasteiger partial charge on any atom is -0.496 e.